The first-order valence-electron chi connectivity index (χ1n) is 9.87. The van der Waals surface area contributed by atoms with Gasteiger partial charge < -0.3 is 24.4 Å². The molecule has 0 spiro atoms. The van der Waals surface area contributed by atoms with E-state index in [4.69, 9.17) is 4.74 Å². The van der Waals surface area contributed by atoms with Crippen molar-refractivity contribution >= 4 is 11.9 Å². The molecule has 27 heavy (non-hydrogen) atoms. The van der Waals surface area contributed by atoms with Crippen LogP contribution in [0.15, 0.2) is 23.7 Å². The normalized spacial score (nSPS) is 26.3. The first-order valence-corrected chi connectivity index (χ1v) is 9.87. The molecule has 0 bridgehead atoms. The number of aromatic nitrogens is 2. The number of amides is 1. The van der Waals surface area contributed by atoms with Gasteiger partial charge in [0.05, 0.1) is 18.5 Å². The Balaban J connectivity index is 1.69. The van der Waals surface area contributed by atoms with Crippen molar-refractivity contribution in [1.82, 2.24) is 24.7 Å². The summed E-state index contributed by atoms with van der Waals surface area (Å²) in [7, 11) is 3.52. The topological polar surface area (TPSA) is 75.0 Å². The summed E-state index contributed by atoms with van der Waals surface area (Å²) in [5.41, 5.74) is 0. The van der Waals surface area contributed by atoms with Gasteiger partial charge in [0.1, 0.15) is 6.54 Å². The monoisotopic (exact) mass is 376 g/mol. The standard InChI is InChI=1S/C19H32N6O2/c1-15-6-8-24(13-17(15)25-9-7-20-14-25)19(22-12-18(26)23(2)3)21-11-16-5-4-10-27-16/h7,9,14-17H,4-6,8,10-13H2,1-3H3,(H,21,22). The van der Waals surface area contributed by atoms with Gasteiger partial charge >= 0.3 is 0 Å². The van der Waals surface area contributed by atoms with Crippen molar-refractivity contribution in [3.63, 3.8) is 0 Å². The van der Waals surface area contributed by atoms with Gasteiger partial charge in [-0.1, -0.05) is 6.92 Å². The maximum absolute atomic E-state index is 12.0. The van der Waals surface area contributed by atoms with Crippen LogP contribution >= 0.6 is 0 Å². The van der Waals surface area contributed by atoms with Gasteiger partial charge in [0.25, 0.3) is 0 Å². The molecule has 1 amide bonds. The van der Waals surface area contributed by atoms with E-state index >= 15 is 0 Å². The fourth-order valence-electron chi connectivity index (χ4n) is 3.66. The van der Waals surface area contributed by atoms with E-state index in [1.54, 1.807) is 19.0 Å². The number of rotatable bonds is 5. The average molecular weight is 377 g/mol. The fourth-order valence-corrected chi connectivity index (χ4v) is 3.66. The Morgan fingerprint density at radius 3 is 2.93 bits per heavy atom. The third kappa shape index (κ3) is 5.22. The fraction of sp³-hybridized carbons (Fsp3) is 0.737. The Bertz CT molecular complexity index is 624. The molecule has 0 aromatic carbocycles. The van der Waals surface area contributed by atoms with Crippen LogP contribution in [0.5, 0.6) is 0 Å². The summed E-state index contributed by atoms with van der Waals surface area (Å²) in [5, 5.41) is 3.46. The van der Waals surface area contributed by atoms with Crippen LogP contribution in [0, 0.1) is 5.92 Å². The minimum atomic E-state index is 0.00273. The van der Waals surface area contributed by atoms with E-state index in [-0.39, 0.29) is 18.6 Å². The van der Waals surface area contributed by atoms with E-state index in [0.29, 0.717) is 12.0 Å². The van der Waals surface area contributed by atoms with Crippen molar-refractivity contribution in [3.05, 3.63) is 18.7 Å². The highest BCUT2D eigenvalue weighted by atomic mass is 16.5. The molecule has 1 N–H and O–H groups in total. The van der Waals surface area contributed by atoms with Crippen LogP contribution in [0.1, 0.15) is 32.2 Å². The minimum Gasteiger partial charge on any atom is -0.376 e. The van der Waals surface area contributed by atoms with E-state index in [9.17, 15) is 4.79 Å². The molecule has 8 nitrogen and oxygen atoms in total. The lowest BCUT2D eigenvalue weighted by molar-refractivity contribution is -0.127. The Morgan fingerprint density at radius 2 is 2.26 bits per heavy atom. The summed E-state index contributed by atoms with van der Waals surface area (Å²) in [4.78, 5) is 24.7. The summed E-state index contributed by atoms with van der Waals surface area (Å²) < 4.78 is 7.91. The molecule has 2 aliphatic rings. The molecule has 2 fully saturated rings. The van der Waals surface area contributed by atoms with Crippen LogP contribution in [0.2, 0.25) is 0 Å². The number of imidazole rings is 1. The number of carbonyl (C=O) groups is 1. The van der Waals surface area contributed by atoms with Crippen LogP contribution in [-0.2, 0) is 9.53 Å². The van der Waals surface area contributed by atoms with Gasteiger partial charge in [0.2, 0.25) is 5.91 Å². The predicted molar refractivity (Wildman–Crippen MR) is 105 cm³/mol. The number of hydrogen-bond donors (Lipinski definition) is 1. The van der Waals surface area contributed by atoms with Crippen LogP contribution in [0.3, 0.4) is 0 Å². The molecule has 3 unspecified atom stereocenters. The molecule has 0 radical (unpaired) electrons. The van der Waals surface area contributed by atoms with Crippen molar-refractivity contribution in [2.45, 2.75) is 38.3 Å². The molecule has 3 rings (SSSR count). The first-order chi connectivity index (χ1) is 13.0. The van der Waals surface area contributed by atoms with Gasteiger partial charge in [0, 0.05) is 52.7 Å². The van der Waals surface area contributed by atoms with Gasteiger partial charge in [0.15, 0.2) is 5.96 Å². The van der Waals surface area contributed by atoms with Crippen molar-refractivity contribution in [2.75, 3.05) is 46.9 Å². The van der Waals surface area contributed by atoms with Crippen LogP contribution in [0.25, 0.3) is 0 Å². The number of likely N-dealkylation sites (N-methyl/N-ethyl adjacent to an activating group) is 1. The minimum absolute atomic E-state index is 0.00273. The molecule has 3 heterocycles. The predicted octanol–water partition coefficient (Wildman–Crippen LogP) is 0.979. The van der Waals surface area contributed by atoms with E-state index in [0.717, 1.165) is 51.5 Å². The summed E-state index contributed by atoms with van der Waals surface area (Å²) in [5.74, 6) is 1.37. The Morgan fingerprint density at radius 1 is 1.41 bits per heavy atom. The lowest BCUT2D eigenvalue weighted by Gasteiger charge is -2.39. The molecular formula is C19H32N6O2. The number of piperidine rings is 1. The van der Waals surface area contributed by atoms with Gasteiger partial charge in [-0.15, -0.1) is 0 Å². The van der Waals surface area contributed by atoms with Gasteiger partial charge in [-0.3, -0.25) is 4.79 Å². The zero-order chi connectivity index (χ0) is 19.2. The second-order valence-electron chi connectivity index (χ2n) is 7.73. The highest BCUT2D eigenvalue weighted by Gasteiger charge is 2.29. The average Bonchev–Trinajstić information content (AvgIpc) is 3.36. The number of guanidine groups is 1. The Labute approximate surface area is 161 Å². The molecule has 2 saturated heterocycles. The van der Waals surface area contributed by atoms with Crippen LogP contribution < -0.4 is 5.32 Å². The summed E-state index contributed by atoms with van der Waals surface area (Å²) in [6, 6.07) is 0.348. The van der Waals surface area contributed by atoms with Gasteiger partial charge in [-0.25, -0.2) is 9.98 Å². The largest absolute Gasteiger partial charge is 0.376 e. The molecule has 0 saturated carbocycles. The van der Waals surface area contributed by atoms with E-state index in [1.807, 2.05) is 18.7 Å². The Kier molecular flexibility index (Phi) is 6.71. The summed E-state index contributed by atoms with van der Waals surface area (Å²) in [6.07, 6.45) is 9.23. The van der Waals surface area contributed by atoms with Crippen LogP contribution in [-0.4, -0.2) is 84.2 Å². The quantitative estimate of drug-likeness (QED) is 0.612. The lowest BCUT2D eigenvalue weighted by atomic mass is 9.93. The Hall–Kier alpha value is -2.09. The van der Waals surface area contributed by atoms with Gasteiger partial charge in [-0.2, -0.15) is 0 Å². The summed E-state index contributed by atoms with van der Waals surface area (Å²) >= 11 is 0. The van der Waals surface area contributed by atoms with Gasteiger partial charge in [-0.05, 0) is 25.2 Å². The summed E-state index contributed by atoms with van der Waals surface area (Å²) in [6.45, 7) is 5.79. The van der Waals surface area contributed by atoms with Crippen LogP contribution in [0.4, 0.5) is 0 Å². The third-order valence-corrected chi connectivity index (χ3v) is 5.50. The van der Waals surface area contributed by atoms with E-state index in [2.05, 4.69) is 31.7 Å². The third-order valence-electron chi connectivity index (χ3n) is 5.50. The highest BCUT2D eigenvalue weighted by molar-refractivity contribution is 5.85. The second-order valence-corrected chi connectivity index (χ2v) is 7.73. The number of nitrogens with zero attached hydrogens (tertiary/aromatic N) is 5. The van der Waals surface area contributed by atoms with Crippen molar-refractivity contribution in [2.24, 2.45) is 10.9 Å². The molecule has 3 atom stereocenters. The van der Waals surface area contributed by atoms with Crippen molar-refractivity contribution in [3.8, 4) is 0 Å². The zero-order valence-electron chi connectivity index (χ0n) is 16.7. The number of ether oxygens (including phenoxy) is 1. The molecule has 8 heteroatoms. The number of aliphatic imine (C=N–C) groups is 1. The van der Waals surface area contributed by atoms with E-state index < -0.39 is 0 Å². The maximum Gasteiger partial charge on any atom is 0.243 e. The number of carbonyl (C=O) groups excluding carboxylic acids is 1. The second kappa shape index (κ2) is 9.21. The molecule has 2 aliphatic heterocycles. The molecule has 0 aliphatic carbocycles. The highest BCUT2D eigenvalue weighted by Crippen LogP contribution is 2.27. The zero-order valence-corrected chi connectivity index (χ0v) is 16.7. The first kappa shape index (κ1) is 19.7. The SMILES string of the molecule is CC1CCN(C(=NCC(=O)N(C)C)NCC2CCCO2)CC1n1ccnc1. The number of hydrogen-bond acceptors (Lipinski definition) is 4. The molecule has 1 aromatic heterocycles. The van der Waals surface area contributed by atoms with Crippen molar-refractivity contribution < 1.29 is 9.53 Å². The van der Waals surface area contributed by atoms with E-state index in [1.165, 1.54) is 0 Å². The maximum atomic E-state index is 12.0. The lowest BCUT2D eigenvalue weighted by Crippen LogP contribution is -2.50. The molecule has 1 aromatic rings. The molecule has 150 valence electrons. The smallest absolute Gasteiger partial charge is 0.243 e. The number of nitrogens with one attached hydrogen (secondary N) is 1. The number of likely N-dealkylation sites (tertiary alicyclic amines) is 1. The van der Waals surface area contributed by atoms with Crippen molar-refractivity contribution in [1.29, 1.82) is 0 Å². The molecular weight excluding hydrogens is 344 g/mol.